The van der Waals surface area contributed by atoms with Crippen LogP contribution in [0.25, 0.3) is 0 Å². The fourth-order valence-corrected chi connectivity index (χ4v) is 6.56. The van der Waals surface area contributed by atoms with E-state index in [0.717, 1.165) is 39.0 Å². The Morgan fingerprint density at radius 3 is 2.89 bits per heavy atom. The van der Waals surface area contributed by atoms with Crippen molar-refractivity contribution in [3.05, 3.63) is 61.4 Å². The summed E-state index contributed by atoms with van der Waals surface area (Å²) in [7, 11) is 1.59. The summed E-state index contributed by atoms with van der Waals surface area (Å²) < 4.78 is 17.4. The number of methoxy groups -OCH3 is 1. The number of fused-ring (bicyclic) bond motifs is 1. The molecule has 37 heavy (non-hydrogen) atoms. The van der Waals surface area contributed by atoms with E-state index in [4.69, 9.17) is 25.3 Å². The molecule has 0 aliphatic heterocycles. The van der Waals surface area contributed by atoms with Crippen LogP contribution in [-0.4, -0.2) is 25.8 Å². The van der Waals surface area contributed by atoms with Crippen molar-refractivity contribution >= 4 is 51.1 Å². The van der Waals surface area contributed by atoms with E-state index in [1.165, 1.54) is 4.88 Å². The number of hydrogen-bond donors (Lipinski definition) is 1. The van der Waals surface area contributed by atoms with Gasteiger partial charge in [0.1, 0.15) is 17.4 Å². The third-order valence-corrected chi connectivity index (χ3v) is 8.55. The van der Waals surface area contributed by atoms with Crippen LogP contribution in [0.1, 0.15) is 59.3 Å². The largest absolute Gasteiger partial charge is 0.493 e. The Labute approximate surface area is 236 Å². The van der Waals surface area contributed by atoms with Gasteiger partial charge in [0.15, 0.2) is 11.5 Å². The quantitative estimate of drug-likeness (QED) is 0.169. The molecule has 4 rings (SSSR count). The van der Waals surface area contributed by atoms with Crippen LogP contribution in [0, 0.1) is 27.2 Å². The smallest absolute Gasteiger partial charge is 0.255 e. The van der Waals surface area contributed by atoms with Crippen molar-refractivity contribution in [1.82, 2.24) is 5.32 Å². The van der Waals surface area contributed by atoms with Crippen LogP contribution in [0.4, 0.5) is 5.00 Å². The molecule has 1 amide bonds. The van der Waals surface area contributed by atoms with Crippen molar-refractivity contribution in [3.63, 3.8) is 0 Å². The zero-order valence-electron chi connectivity index (χ0n) is 21.5. The lowest BCUT2D eigenvalue weighted by Crippen LogP contribution is -2.28. The SMILES string of the molecule is C#CCOc1c(I)cc(C=Nc2sc3c(c2C(=O)NCc2ccco2)CC[C@@H](C(C)(C)C)C3)cc1OC. The molecular formula is C29H31IN2O4S. The lowest BCUT2D eigenvalue weighted by Gasteiger charge is -2.33. The van der Waals surface area contributed by atoms with Gasteiger partial charge in [-0.2, -0.15) is 0 Å². The number of carbonyl (C=O) groups is 1. The van der Waals surface area contributed by atoms with E-state index in [0.29, 0.717) is 35.3 Å². The van der Waals surface area contributed by atoms with Crippen LogP contribution < -0.4 is 14.8 Å². The number of aliphatic imine (C=N–C) groups is 1. The van der Waals surface area contributed by atoms with E-state index < -0.39 is 0 Å². The zero-order chi connectivity index (χ0) is 26.6. The molecule has 1 atom stereocenters. The molecule has 1 aliphatic carbocycles. The molecule has 1 N–H and O–H groups in total. The topological polar surface area (TPSA) is 73.1 Å². The average Bonchev–Trinajstić information content (AvgIpc) is 3.51. The third kappa shape index (κ3) is 6.39. The van der Waals surface area contributed by atoms with E-state index in [2.05, 4.69) is 54.6 Å². The van der Waals surface area contributed by atoms with Gasteiger partial charge in [-0.1, -0.05) is 26.7 Å². The Morgan fingerprint density at radius 2 is 2.22 bits per heavy atom. The van der Waals surface area contributed by atoms with E-state index in [1.54, 1.807) is 30.9 Å². The highest BCUT2D eigenvalue weighted by Gasteiger charge is 2.33. The molecule has 0 spiro atoms. The van der Waals surface area contributed by atoms with Crippen molar-refractivity contribution < 1.29 is 18.7 Å². The van der Waals surface area contributed by atoms with Crippen molar-refractivity contribution in [2.24, 2.45) is 16.3 Å². The van der Waals surface area contributed by atoms with Gasteiger partial charge in [0.25, 0.3) is 5.91 Å². The normalized spacial score (nSPS) is 15.3. The number of hydrogen-bond acceptors (Lipinski definition) is 6. The summed E-state index contributed by atoms with van der Waals surface area (Å²) in [6, 6.07) is 7.48. The van der Waals surface area contributed by atoms with Gasteiger partial charge in [0.2, 0.25) is 0 Å². The second-order valence-corrected chi connectivity index (χ2v) is 12.3. The van der Waals surface area contributed by atoms with Gasteiger partial charge in [0, 0.05) is 11.1 Å². The first-order chi connectivity index (χ1) is 17.7. The molecule has 0 bridgehead atoms. The minimum atomic E-state index is -0.125. The molecule has 6 nitrogen and oxygen atoms in total. The summed E-state index contributed by atoms with van der Waals surface area (Å²) in [5.74, 6) is 4.82. The van der Waals surface area contributed by atoms with Gasteiger partial charge in [-0.05, 0) is 88.6 Å². The van der Waals surface area contributed by atoms with Crippen molar-refractivity contribution in [2.45, 2.75) is 46.6 Å². The van der Waals surface area contributed by atoms with E-state index in [-0.39, 0.29) is 17.9 Å². The number of carbonyl (C=O) groups excluding carboxylic acids is 1. The molecule has 0 saturated carbocycles. The molecule has 8 heteroatoms. The van der Waals surface area contributed by atoms with E-state index >= 15 is 0 Å². The number of amides is 1. The van der Waals surface area contributed by atoms with Crippen molar-refractivity contribution in [2.75, 3.05) is 13.7 Å². The fourth-order valence-electron chi connectivity index (χ4n) is 4.51. The first-order valence-corrected chi connectivity index (χ1v) is 14.0. The Balaban J connectivity index is 1.67. The van der Waals surface area contributed by atoms with Gasteiger partial charge in [-0.15, -0.1) is 17.8 Å². The fraction of sp³-hybridized carbons (Fsp3) is 0.379. The summed E-state index contributed by atoms with van der Waals surface area (Å²) in [5, 5.41) is 3.74. The Morgan fingerprint density at radius 1 is 1.41 bits per heavy atom. The second-order valence-electron chi connectivity index (χ2n) is 10.0. The number of terminal acetylenes is 1. The minimum absolute atomic E-state index is 0.125. The van der Waals surface area contributed by atoms with Gasteiger partial charge in [-0.3, -0.25) is 4.79 Å². The van der Waals surface area contributed by atoms with E-state index in [9.17, 15) is 4.79 Å². The van der Waals surface area contributed by atoms with Gasteiger partial charge < -0.3 is 19.2 Å². The summed E-state index contributed by atoms with van der Waals surface area (Å²) in [6.07, 6.45) is 11.6. The highest BCUT2D eigenvalue weighted by molar-refractivity contribution is 14.1. The van der Waals surface area contributed by atoms with Crippen LogP contribution in [0.5, 0.6) is 11.5 Å². The molecule has 2 heterocycles. The van der Waals surface area contributed by atoms with Crippen LogP contribution in [0.3, 0.4) is 0 Å². The predicted molar refractivity (Wildman–Crippen MR) is 156 cm³/mol. The number of furan rings is 1. The summed E-state index contributed by atoms with van der Waals surface area (Å²) in [6.45, 7) is 7.36. The Hall–Kier alpha value is -2.77. The van der Waals surface area contributed by atoms with Crippen molar-refractivity contribution in [3.8, 4) is 23.8 Å². The molecular weight excluding hydrogens is 599 g/mol. The van der Waals surface area contributed by atoms with Gasteiger partial charge in [0.05, 0.1) is 29.1 Å². The molecule has 1 aliphatic rings. The molecule has 0 radical (unpaired) electrons. The molecule has 2 aromatic heterocycles. The Kier molecular flexibility index (Phi) is 8.65. The van der Waals surface area contributed by atoms with Crippen LogP contribution in [-0.2, 0) is 19.4 Å². The monoisotopic (exact) mass is 630 g/mol. The molecule has 0 unspecified atom stereocenters. The number of benzene rings is 1. The zero-order valence-corrected chi connectivity index (χ0v) is 24.5. The highest BCUT2D eigenvalue weighted by atomic mass is 127. The number of halogens is 1. The average molecular weight is 631 g/mol. The molecule has 0 saturated heterocycles. The molecule has 1 aromatic carbocycles. The second kappa shape index (κ2) is 11.7. The number of rotatable bonds is 8. The summed E-state index contributed by atoms with van der Waals surface area (Å²) in [4.78, 5) is 19.5. The maximum Gasteiger partial charge on any atom is 0.255 e. The highest BCUT2D eigenvalue weighted by Crippen LogP contribution is 2.45. The van der Waals surface area contributed by atoms with Crippen molar-refractivity contribution in [1.29, 1.82) is 0 Å². The van der Waals surface area contributed by atoms with Crippen LogP contribution >= 0.6 is 33.9 Å². The first-order valence-electron chi connectivity index (χ1n) is 12.1. The van der Waals surface area contributed by atoms with Gasteiger partial charge in [-0.25, -0.2) is 4.99 Å². The van der Waals surface area contributed by atoms with E-state index in [1.807, 2.05) is 24.3 Å². The number of nitrogens with one attached hydrogen (secondary N) is 1. The predicted octanol–water partition coefficient (Wildman–Crippen LogP) is 6.80. The summed E-state index contributed by atoms with van der Waals surface area (Å²) in [5.41, 5.74) is 2.85. The lowest BCUT2D eigenvalue weighted by molar-refractivity contribution is 0.0947. The summed E-state index contributed by atoms with van der Waals surface area (Å²) >= 11 is 3.81. The third-order valence-electron chi connectivity index (χ3n) is 6.58. The first kappa shape index (κ1) is 27.3. The van der Waals surface area contributed by atoms with Crippen LogP contribution in [0.15, 0.2) is 39.9 Å². The number of ether oxygens (including phenoxy) is 2. The minimum Gasteiger partial charge on any atom is -0.493 e. The Bertz CT molecular complexity index is 1330. The molecule has 194 valence electrons. The standard InChI is InChI=1S/C29H31IN2O4S/c1-6-11-36-26-22(30)13-18(14-23(26)34-5)16-32-28-25(27(33)31-17-20-8-7-12-35-20)21-10-9-19(29(2,3)4)15-24(21)37-28/h1,7-8,12-14,16,19H,9-11,15,17H2,2-5H3,(H,31,33)/t19-/m1/s1. The maximum absolute atomic E-state index is 13.4. The molecule has 0 fully saturated rings. The van der Waals surface area contributed by atoms with Gasteiger partial charge >= 0.3 is 0 Å². The molecule has 3 aromatic rings. The number of nitrogens with zero attached hydrogens (tertiary/aromatic N) is 1. The van der Waals surface area contributed by atoms with Crippen LogP contribution in [0.2, 0.25) is 0 Å². The lowest BCUT2D eigenvalue weighted by atomic mass is 9.72. The maximum atomic E-state index is 13.4. The number of thiophene rings is 1.